The van der Waals surface area contributed by atoms with E-state index >= 15 is 0 Å². The molecule has 0 aliphatic heterocycles. The van der Waals surface area contributed by atoms with Crippen molar-refractivity contribution in [2.24, 2.45) is 5.41 Å². The fraction of sp³-hybridized carbons (Fsp3) is 0.667. The van der Waals surface area contributed by atoms with Crippen LogP contribution in [0.25, 0.3) is 0 Å². The summed E-state index contributed by atoms with van der Waals surface area (Å²) >= 11 is 0. The molecule has 3 atom stereocenters. The first-order valence-corrected chi connectivity index (χ1v) is 7.99. The van der Waals surface area contributed by atoms with E-state index in [-0.39, 0.29) is 11.9 Å². The van der Waals surface area contributed by atoms with Crippen LogP contribution < -0.4 is 5.32 Å². The zero-order chi connectivity index (χ0) is 15.6. The molecule has 1 aliphatic rings. The average Bonchev–Trinajstić information content (AvgIpc) is 2.45. The molecule has 0 heterocycles. The van der Waals surface area contributed by atoms with E-state index in [1.807, 2.05) is 19.2 Å². The predicted octanol–water partition coefficient (Wildman–Crippen LogP) is 3.99. The zero-order valence-electron chi connectivity index (χ0n) is 14.0. The van der Waals surface area contributed by atoms with Crippen molar-refractivity contribution in [1.82, 2.24) is 10.2 Å². The molecule has 3 heteroatoms. The monoisotopic (exact) mass is 292 g/mol. The van der Waals surface area contributed by atoms with Crippen LogP contribution in [0.1, 0.15) is 51.6 Å². The van der Waals surface area contributed by atoms with Gasteiger partial charge in [-0.3, -0.25) is 4.90 Å². The number of rotatable bonds is 4. The predicted molar refractivity (Wildman–Crippen MR) is 86.8 cm³/mol. The van der Waals surface area contributed by atoms with E-state index in [2.05, 4.69) is 38.0 Å². The summed E-state index contributed by atoms with van der Waals surface area (Å²) in [7, 11) is 4.17. The number of hydrogen-bond acceptors (Lipinski definition) is 2. The van der Waals surface area contributed by atoms with Crippen molar-refractivity contribution in [3.05, 3.63) is 35.6 Å². The molecule has 1 N–H and O–H groups in total. The first-order valence-electron chi connectivity index (χ1n) is 7.99. The van der Waals surface area contributed by atoms with E-state index in [4.69, 9.17) is 0 Å². The van der Waals surface area contributed by atoms with Gasteiger partial charge in [0.15, 0.2) is 0 Å². The van der Waals surface area contributed by atoms with Gasteiger partial charge in [-0.2, -0.15) is 0 Å². The van der Waals surface area contributed by atoms with E-state index in [0.29, 0.717) is 17.5 Å². The highest BCUT2D eigenvalue weighted by atomic mass is 19.1. The van der Waals surface area contributed by atoms with Crippen LogP contribution in [0.4, 0.5) is 4.39 Å². The van der Waals surface area contributed by atoms with Crippen LogP contribution in [0.2, 0.25) is 0 Å². The van der Waals surface area contributed by atoms with Crippen LogP contribution >= 0.6 is 0 Å². The van der Waals surface area contributed by atoms with Crippen molar-refractivity contribution in [3.8, 4) is 0 Å². The minimum Gasteiger partial charge on any atom is -0.315 e. The molecular weight excluding hydrogens is 263 g/mol. The van der Waals surface area contributed by atoms with Crippen LogP contribution in [-0.4, -0.2) is 31.1 Å². The number of benzene rings is 1. The van der Waals surface area contributed by atoms with Crippen molar-refractivity contribution in [2.45, 2.75) is 58.2 Å². The van der Waals surface area contributed by atoms with Crippen LogP contribution in [-0.2, 0) is 0 Å². The second kappa shape index (κ2) is 6.45. The molecule has 0 spiro atoms. The van der Waals surface area contributed by atoms with Crippen LogP contribution in [0.5, 0.6) is 0 Å². The summed E-state index contributed by atoms with van der Waals surface area (Å²) in [6.07, 6.45) is 3.58. The molecule has 0 bridgehead atoms. The highest BCUT2D eigenvalue weighted by molar-refractivity contribution is 5.21. The maximum Gasteiger partial charge on any atom is 0.127 e. The zero-order valence-corrected chi connectivity index (χ0v) is 14.0. The van der Waals surface area contributed by atoms with Gasteiger partial charge in [0.05, 0.1) is 0 Å². The highest BCUT2D eigenvalue weighted by Crippen LogP contribution is 2.39. The van der Waals surface area contributed by atoms with Crippen molar-refractivity contribution < 1.29 is 4.39 Å². The third-order valence-corrected chi connectivity index (χ3v) is 5.22. The van der Waals surface area contributed by atoms with Gasteiger partial charge in [-0.1, -0.05) is 32.0 Å². The molecule has 0 saturated heterocycles. The third-order valence-electron chi connectivity index (χ3n) is 5.22. The van der Waals surface area contributed by atoms with E-state index in [1.165, 1.54) is 12.8 Å². The van der Waals surface area contributed by atoms with Crippen LogP contribution in [0.15, 0.2) is 24.3 Å². The third kappa shape index (κ3) is 3.64. The number of halogens is 1. The molecule has 1 aromatic carbocycles. The van der Waals surface area contributed by atoms with Gasteiger partial charge >= 0.3 is 0 Å². The first-order chi connectivity index (χ1) is 9.85. The molecule has 0 aromatic heterocycles. The molecule has 2 rings (SSSR count). The highest BCUT2D eigenvalue weighted by Gasteiger charge is 2.37. The summed E-state index contributed by atoms with van der Waals surface area (Å²) in [5.74, 6) is -0.104. The van der Waals surface area contributed by atoms with E-state index in [9.17, 15) is 4.39 Å². The average molecular weight is 292 g/mol. The lowest BCUT2D eigenvalue weighted by atomic mass is 9.72. The van der Waals surface area contributed by atoms with Gasteiger partial charge in [-0.05, 0) is 51.8 Å². The number of nitrogens with zero attached hydrogens (tertiary/aromatic N) is 1. The molecule has 1 aromatic rings. The normalized spacial score (nSPS) is 26.8. The van der Waals surface area contributed by atoms with Gasteiger partial charge < -0.3 is 5.32 Å². The van der Waals surface area contributed by atoms with E-state index in [0.717, 1.165) is 12.0 Å². The smallest absolute Gasteiger partial charge is 0.127 e. The standard InChI is InChI=1S/C18H29FN2/c1-13(14-8-6-7-9-15(14)19)21(5)17-12-18(2,3)11-10-16(17)20-4/h6-9,13,16-17,20H,10-12H2,1-5H3. The number of likely N-dealkylation sites (N-methyl/N-ethyl adjacent to an activating group) is 2. The Hall–Kier alpha value is -0.930. The largest absolute Gasteiger partial charge is 0.315 e. The molecule has 1 fully saturated rings. The maximum atomic E-state index is 14.1. The number of hydrogen-bond donors (Lipinski definition) is 1. The Bertz CT molecular complexity index is 472. The van der Waals surface area contributed by atoms with E-state index in [1.54, 1.807) is 12.1 Å². The Balaban J connectivity index is 2.20. The Morgan fingerprint density at radius 3 is 2.62 bits per heavy atom. The lowest BCUT2D eigenvalue weighted by Gasteiger charge is -2.46. The molecule has 1 aliphatic carbocycles. The number of nitrogens with one attached hydrogen (secondary N) is 1. The Labute approximate surface area is 128 Å². The fourth-order valence-electron chi connectivity index (χ4n) is 3.63. The van der Waals surface area contributed by atoms with Gasteiger partial charge in [0, 0.05) is 23.7 Å². The quantitative estimate of drug-likeness (QED) is 0.903. The van der Waals surface area contributed by atoms with E-state index < -0.39 is 0 Å². The molecule has 2 nitrogen and oxygen atoms in total. The molecule has 3 unspecified atom stereocenters. The summed E-state index contributed by atoms with van der Waals surface area (Å²) in [5, 5.41) is 3.46. The SMILES string of the molecule is CNC1CCC(C)(C)CC1N(C)C(C)c1ccccc1F. The molecule has 118 valence electrons. The molecular formula is C18H29FN2. The topological polar surface area (TPSA) is 15.3 Å². The maximum absolute atomic E-state index is 14.1. The molecule has 1 saturated carbocycles. The van der Waals surface area contributed by atoms with Crippen LogP contribution in [0.3, 0.4) is 0 Å². The lowest BCUT2D eigenvalue weighted by molar-refractivity contribution is 0.0607. The summed E-state index contributed by atoms with van der Waals surface area (Å²) in [6.45, 7) is 6.79. The van der Waals surface area contributed by atoms with Gasteiger partial charge in [-0.25, -0.2) is 4.39 Å². The van der Waals surface area contributed by atoms with Crippen molar-refractivity contribution in [2.75, 3.05) is 14.1 Å². The second-order valence-corrected chi connectivity index (χ2v) is 7.23. The summed E-state index contributed by atoms with van der Waals surface area (Å²) in [6, 6.07) is 8.14. The van der Waals surface area contributed by atoms with Crippen LogP contribution in [0, 0.1) is 11.2 Å². The van der Waals surface area contributed by atoms with Gasteiger partial charge in [0.25, 0.3) is 0 Å². The lowest BCUT2D eigenvalue weighted by Crippen LogP contribution is -2.53. The minimum absolute atomic E-state index is 0.0842. The Kier molecular flexibility index (Phi) is 5.05. The Morgan fingerprint density at radius 1 is 1.33 bits per heavy atom. The van der Waals surface area contributed by atoms with Gasteiger partial charge in [-0.15, -0.1) is 0 Å². The second-order valence-electron chi connectivity index (χ2n) is 7.23. The summed E-state index contributed by atoms with van der Waals surface area (Å²) in [5.41, 5.74) is 1.15. The molecule has 0 radical (unpaired) electrons. The van der Waals surface area contributed by atoms with Gasteiger partial charge in [0.2, 0.25) is 0 Å². The molecule has 0 amide bonds. The fourth-order valence-corrected chi connectivity index (χ4v) is 3.63. The first kappa shape index (κ1) is 16.4. The summed E-state index contributed by atoms with van der Waals surface area (Å²) in [4.78, 5) is 2.35. The van der Waals surface area contributed by atoms with Crippen molar-refractivity contribution >= 4 is 0 Å². The molecule has 21 heavy (non-hydrogen) atoms. The van der Waals surface area contributed by atoms with Crippen molar-refractivity contribution in [3.63, 3.8) is 0 Å². The van der Waals surface area contributed by atoms with Gasteiger partial charge in [0.1, 0.15) is 5.82 Å². The Morgan fingerprint density at radius 2 is 2.00 bits per heavy atom. The summed E-state index contributed by atoms with van der Waals surface area (Å²) < 4.78 is 14.1. The van der Waals surface area contributed by atoms with Crippen molar-refractivity contribution in [1.29, 1.82) is 0 Å². The minimum atomic E-state index is -0.104.